The second-order valence-corrected chi connectivity index (χ2v) is 6.81. The van der Waals surface area contributed by atoms with Crippen molar-refractivity contribution in [2.45, 2.75) is 6.92 Å². The fourth-order valence-electron chi connectivity index (χ4n) is 2.50. The second-order valence-electron chi connectivity index (χ2n) is 5.95. The normalized spacial score (nSPS) is 10.9. The molecule has 0 aliphatic carbocycles. The van der Waals surface area contributed by atoms with Gasteiger partial charge in [-0.2, -0.15) is 5.26 Å². The van der Waals surface area contributed by atoms with E-state index in [1.165, 1.54) is 29.7 Å². The third kappa shape index (κ3) is 4.87. The maximum Gasteiger partial charge on any atom is 0.338 e. The monoisotopic (exact) mass is 420 g/mol. The largest absolute Gasteiger partial charge is 0.462 e. The number of aromatic nitrogens is 1. The van der Waals surface area contributed by atoms with Crippen molar-refractivity contribution in [1.29, 1.82) is 5.26 Å². The first-order valence-electron chi connectivity index (χ1n) is 8.86. The Morgan fingerprint density at radius 1 is 1.27 bits per heavy atom. The van der Waals surface area contributed by atoms with Gasteiger partial charge in [0.15, 0.2) is 0 Å². The molecule has 0 aliphatic heterocycles. The molecule has 8 nitrogen and oxygen atoms in total. The number of nitrogens with one attached hydrogen (secondary N) is 1. The topological polar surface area (TPSA) is 118 Å². The maximum absolute atomic E-state index is 11.7. The van der Waals surface area contributed by atoms with Gasteiger partial charge in [0.25, 0.3) is 5.69 Å². The van der Waals surface area contributed by atoms with Crippen molar-refractivity contribution < 1.29 is 14.5 Å². The van der Waals surface area contributed by atoms with Crippen LogP contribution in [0.5, 0.6) is 0 Å². The van der Waals surface area contributed by atoms with Gasteiger partial charge < -0.3 is 10.1 Å². The summed E-state index contributed by atoms with van der Waals surface area (Å²) in [5.41, 5.74) is 2.84. The molecule has 3 aromatic rings. The fourth-order valence-corrected chi connectivity index (χ4v) is 3.29. The van der Waals surface area contributed by atoms with Gasteiger partial charge in [-0.3, -0.25) is 10.1 Å². The van der Waals surface area contributed by atoms with Gasteiger partial charge in [-0.25, -0.2) is 9.78 Å². The quantitative estimate of drug-likeness (QED) is 0.251. The van der Waals surface area contributed by atoms with Crippen LogP contribution in [0, 0.1) is 21.4 Å². The molecular formula is C21H16N4O4S. The predicted molar refractivity (Wildman–Crippen MR) is 114 cm³/mol. The zero-order valence-electron chi connectivity index (χ0n) is 15.9. The molecule has 0 spiro atoms. The predicted octanol–water partition coefficient (Wildman–Crippen LogP) is 4.87. The highest BCUT2D eigenvalue weighted by Crippen LogP contribution is 2.27. The lowest BCUT2D eigenvalue weighted by Crippen LogP contribution is -2.04. The number of hydrogen-bond acceptors (Lipinski definition) is 8. The third-order valence-corrected chi connectivity index (χ3v) is 4.88. The Morgan fingerprint density at radius 3 is 2.57 bits per heavy atom. The Balaban J connectivity index is 1.73. The number of thiazole rings is 1. The third-order valence-electron chi connectivity index (χ3n) is 4.01. The minimum absolute atomic E-state index is 0.00462. The summed E-state index contributed by atoms with van der Waals surface area (Å²) in [4.78, 5) is 26.4. The summed E-state index contributed by atoms with van der Waals surface area (Å²) in [6.07, 6.45) is 1.54. The number of hydrogen-bond donors (Lipinski definition) is 1. The lowest BCUT2D eigenvalue weighted by Gasteiger charge is -2.04. The molecule has 0 saturated heterocycles. The first-order valence-corrected chi connectivity index (χ1v) is 9.74. The van der Waals surface area contributed by atoms with E-state index in [4.69, 9.17) is 4.74 Å². The number of allylic oxidation sites excluding steroid dienone is 1. The molecule has 0 unspecified atom stereocenters. The summed E-state index contributed by atoms with van der Waals surface area (Å²) in [6, 6.07) is 14.9. The molecule has 150 valence electrons. The molecule has 1 aromatic heterocycles. The number of carbonyl (C=O) groups excluding carboxylic acids is 1. The zero-order chi connectivity index (χ0) is 21.5. The van der Waals surface area contributed by atoms with Crippen LogP contribution in [0.1, 0.15) is 22.3 Å². The van der Waals surface area contributed by atoms with Crippen LogP contribution >= 0.6 is 11.3 Å². The number of nitro groups is 1. The lowest BCUT2D eigenvalue weighted by atomic mass is 10.1. The number of benzene rings is 2. The molecule has 1 N–H and O–H groups in total. The first kappa shape index (κ1) is 20.7. The van der Waals surface area contributed by atoms with Crippen LogP contribution in [-0.4, -0.2) is 22.5 Å². The van der Waals surface area contributed by atoms with Crippen molar-refractivity contribution in [3.63, 3.8) is 0 Å². The van der Waals surface area contributed by atoms with E-state index in [2.05, 4.69) is 16.4 Å². The van der Waals surface area contributed by atoms with Crippen LogP contribution in [0.15, 0.2) is 60.1 Å². The average molecular weight is 420 g/mol. The van der Waals surface area contributed by atoms with Crippen molar-refractivity contribution in [2.75, 3.05) is 11.9 Å². The highest BCUT2D eigenvalue weighted by Gasteiger charge is 2.11. The molecule has 3 rings (SSSR count). The molecule has 0 atom stereocenters. The van der Waals surface area contributed by atoms with Crippen LogP contribution in [0.3, 0.4) is 0 Å². The molecule has 0 amide bonds. The molecular weight excluding hydrogens is 404 g/mol. The number of nitrogens with zero attached hydrogens (tertiary/aromatic N) is 3. The molecule has 0 bridgehead atoms. The van der Waals surface area contributed by atoms with Crippen LogP contribution in [-0.2, 0) is 4.74 Å². The summed E-state index contributed by atoms with van der Waals surface area (Å²) in [5, 5.41) is 25.6. The minimum atomic E-state index is -0.461. The SMILES string of the molecule is CCOC(=O)c1ccc(NC=C(C#N)c2nc(-c3ccc([N+](=O)[O-])cc3)cs2)cc1. The van der Waals surface area contributed by atoms with E-state index in [0.717, 1.165) is 5.56 Å². The van der Waals surface area contributed by atoms with Crippen LogP contribution in [0.4, 0.5) is 11.4 Å². The summed E-state index contributed by atoms with van der Waals surface area (Å²) < 4.78 is 4.94. The van der Waals surface area contributed by atoms with Crippen LogP contribution < -0.4 is 5.32 Å². The molecule has 9 heteroatoms. The Hall–Kier alpha value is -4.03. The fraction of sp³-hybridized carbons (Fsp3) is 0.0952. The van der Waals surface area contributed by atoms with Gasteiger partial charge in [-0.1, -0.05) is 0 Å². The van der Waals surface area contributed by atoms with E-state index in [-0.39, 0.29) is 11.7 Å². The molecule has 1 heterocycles. The van der Waals surface area contributed by atoms with Gasteiger partial charge in [0.2, 0.25) is 0 Å². The molecule has 0 aliphatic rings. The van der Waals surface area contributed by atoms with E-state index >= 15 is 0 Å². The number of nitriles is 1. The number of ether oxygens (including phenoxy) is 1. The van der Waals surface area contributed by atoms with Crippen LogP contribution in [0.25, 0.3) is 16.8 Å². The van der Waals surface area contributed by atoms with Gasteiger partial charge >= 0.3 is 5.97 Å². The van der Waals surface area contributed by atoms with Gasteiger partial charge in [0.05, 0.1) is 22.8 Å². The number of nitro benzene ring substituents is 1. The maximum atomic E-state index is 11.7. The van der Waals surface area contributed by atoms with Crippen molar-refractivity contribution in [3.05, 3.63) is 80.8 Å². The first-order chi connectivity index (χ1) is 14.5. The Labute approximate surface area is 176 Å². The highest BCUT2D eigenvalue weighted by atomic mass is 32.1. The summed E-state index contributed by atoms with van der Waals surface area (Å²) in [5.74, 6) is -0.390. The molecule has 2 aromatic carbocycles. The van der Waals surface area contributed by atoms with Gasteiger partial charge in [0, 0.05) is 35.0 Å². The Bertz CT molecular complexity index is 1130. The molecule has 0 fully saturated rings. The highest BCUT2D eigenvalue weighted by molar-refractivity contribution is 7.11. The van der Waals surface area contributed by atoms with Crippen molar-refractivity contribution in [1.82, 2.24) is 4.98 Å². The Morgan fingerprint density at radius 2 is 1.97 bits per heavy atom. The van der Waals surface area contributed by atoms with Crippen LogP contribution in [0.2, 0.25) is 0 Å². The number of non-ortho nitro benzene ring substituents is 1. The van der Waals surface area contributed by atoms with E-state index in [9.17, 15) is 20.2 Å². The smallest absolute Gasteiger partial charge is 0.338 e. The number of esters is 1. The number of anilines is 1. The van der Waals surface area contributed by atoms with E-state index in [1.54, 1.807) is 48.7 Å². The summed E-state index contributed by atoms with van der Waals surface area (Å²) in [7, 11) is 0. The van der Waals surface area contributed by atoms with Crippen molar-refractivity contribution >= 4 is 34.3 Å². The number of carbonyl (C=O) groups is 1. The molecule has 0 saturated carbocycles. The van der Waals surface area contributed by atoms with E-state index < -0.39 is 4.92 Å². The number of rotatable bonds is 7. The van der Waals surface area contributed by atoms with Gasteiger partial charge in [-0.05, 0) is 43.3 Å². The molecule has 0 radical (unpaired) electrons. The Kier molecular flexibility index (Phi) is 6.52. The average Bonchev–Trinajstić information content (AvgIpc) is 3.25. The summed E-state index contributed by atoms with van der Waals surface area (Å²) in [6.45, 7) is 2.05. The summed E-state index contributed by atoms with van der Waals surface area (Å²) >= 11 is 1.30. The molecule has 30 heavy (non-hydrogen) atoms. The lowest BCUT2D eigenvalue weighted by molar-refractivity contribution is -0.384. The van der Waals surface area contributed by atoms with Crippen molar-refractivity contribution in [2.24, 2.45) is 0 Å². The standard InChI is InChI=1S/C21H16N4O4S/c1-2-29-21(26)15-3-7-17(8-4-15)23-12-16(11-22)20-24-19(13-30-20)14-5-9-18(10-6-14)25(27)28/h3-10,12-13,23H,2H2,1H3. The van der Waals surface area contributed by atoms with Gasteiger partial charge in [0.1, 0.15) is 16.6 Å². The zero-order valence-corrected chi connectivity index (χ0v) is 16.7. The second kappa shape index (κ2) is 9.45. The van der Waals surface area contributed by atoms with Gasteiger partial charge in [-0.15, -0.1) is 11.3 Å². The minimum Gasteiger partial charge on any atom is -0.462 e. The van der Waals surface area contributed by atoms with E-state index in [0.29, 0.717) is 34.1 Å². The van der Waals surface area contributed by atoms with E-state index in [1.807, 2.05) is 0 Å². The van der Waals surface area contributed by atoms with Crippen molar-refractivity contribution in [3.8, 4) is 17.3 Å².